The Morgan fingerprint density at radius 2 is 2.50 bits per heavy atom. The molecule has 0 aromatic carbocycles. The average Bonchev–Trinajstić information content (AvgIpc) is 2.40. The molecule has 4 heteroatoms. The van der Waals surface area contributed by atoms with Crippen LogP contribution >= 0.6 is 0 Å². The lowest BCUT2D eigenvalue weighted by Crippen LogP contribution is -2.31. The largest absolute Gasteiger partial charge is 0.348 e. The maximum Gasteiger partial charge on any atom is 0.0921 e. The molecule has 4 nitrogen and oxygen atoms in total. The molecule has 0 saturated heterocycles. The van der Waals surface area contributed by atoms with Crippen LogP contribution in [0.15, 0.2) is 12.5 Å². The fraction of sp³-hybridized carbons (Fsp3) is 0.500. The maximum atomic E-state index is 5.59. The van der Waals surface area contributed by atoms with Gasteiger partial charge in [-0.2, -0.15) is 0 Å². The summed E-state index contributed by atoms with van der Waals surface area (Å²) in [4.78, 5) is 6.81. The number of nitrogens with one attached hydrogen (secondary N) is 1. The van der Waals surface area contributed by atoms with Crippen LogP contribution in [0, 0.1) is 0 Å². The molecule has 0 radical (unpaired) electrons. The van der Waals surface area contributed by atoms with Gasteiger partial charge in [0.2, 0.25) is 0 Å². The van der Waals surface area contributed by atoms with Crippen LogP contribution in [0.1, 0.15) is 5.69 Å². The molecule has 5 N–H and O–H groups in total. The first-order valence-electron chi connectivity index (χ1n) is 3.26. The fourth-order valence-corrected chi connectivity index (χ4v) is 0.762. The Hall–Kier alpha value is -0.870. The monoisotopic (exact) mass is 140 g/mol. The predicted molar refractivity (Wildman–Crippen MR) is 39.3 cm³/mol. The molecule has 0 spiro atoms. The van der Waals surface area contributed by atoms with Crippen LogP contribution in [0.3, 0.4) is 0 Å². The van der Waals surface area contributed by atoms with Crippen LogP contribution in [0.5, 0.6) is 0 Å². The van der Waals surface area contributed by atoms with Gasteiger partial charge in [0.25, 0.3) is 0 Å². The summed E-state index contributed by atoms with van der Waals surface area (Å²) in [6, 6.07) is 0.0421. The van der Waals surface area contributed by atoms with E-state index in [-0.39, 0.29) is 6.04 Å². The highest BCUT2D eigenvalue weighted by Gasteiger charge is 2.00. The van der Waals surface area contributed by atoms with Crippen molar-refractivity contribution in [1.29, 1.82) is 0 Å². The lowest BCUT2D eigenvalue weighted by molar-refractivity contribution is 0.669. The van der Waals surface area contributed by atoms with E-state index in [1.54, 1.807) is 12.5 Å². The highest BCUT2D eigenvalue weighted by molar-refractivity contribution is 4.96. The molecule has 10 heavy (non-hydrogen) atoms. The Bertz CT molecular complexity index is 170. The van der Waals surface area contributed by atoms with Gasteiger partial charge in [0.15, 0.2) is 0 Å². The summed E-state index contributed by atoms with van der Waals surface area (Å²) >= 11 is 0. The van der Waals surface area contributed by atoms with Crippen LogP contribution in [0.4, 0.5) is 0 Å². The Balaban J connectivity index is 2.40. The minimum absolute atomic E-state index is 0.0421. The van der Waals surface area contributed by atoms with Crippen molar-refractivity contribution in [3.8, 4) is 0 Å². The van der Waals surface area contributed by atoms with E-state index in [2.05, 4.69) is 9.97 Å². The van der Waals surface area contributed by atoms with Gasteiger partial charge in [-0.15, -0.1) is 0 Å². The Morgan fingerprint density at radius 3 is 3.00 bits per heavy atom. The van der Waals surface area contributed by atoms with Gasteiger partial charge < -0.3 is 16.5 Å². The Morgan fingerprint density at radius 1 is 1.70 bits per heavy atom. The second kappa shape index (κ2) is 3.34. The molecule has 0 unspecified atom stereocenters. The SMILES string of the molecule is NC[C@@H](N)Cc1cnc[nH]1. The van der Waals surface area contributed by atoms with Crippen molar-refractivity contribution < 1.29 is 0 Å². The van der Waals surface area contributed by atoms with Gasteiger partial charge in [0.1, 0.15) is 0 Å². The standard InChI is InChI=1S/C6H12N4/c7-2-5(8)1-6-3-9-4-10-6/h3-5H,1-2,7-8H2,(H,9,10)/t5-/m0/s1. The van der Waals surface area contributed by atoms with Crippen molar-refractivity contribution in [3.63, 3.8) is 0 Å². The molecule has 1 atom stereocenters. The van der Waals surface area contributed by atoms with E-state index in [0.717, 1.165) is 12.1 Å². The maximum absolute atomic E-state index is 5.59. The zero-order chi connectivity index (χ0) is 7.40. The number of aromatic nitrogens is 2. The molecule has 0 saturated carbocycles. The van der Waals surface area contributed by atoms with Gasteiger partial charge >= 0.3 is 0 Å². The predicted octanol–water partition coefficient (Wildman–Crippen LogP) is -0.762. The minimum Gasteiger partial charge on any atom is -0.348 e. The Labute approximate surface area is 59.6 Å². The lowest BCUT2D eigenvalue weighted by Gasteiger charge is -2.04. The summed E-state index contributed by atoms with van der Waals surface area (Å²) in [7, 11) is 0. The van der Waals surface area contributed by atoms with Gasteiger partial charge in [-0.25, -0.2) is 4.98 Å². The molecule has 1 heterocycles. The minimum atomic E-state index is 0.0421. The summed E-state index contributed by atoms with van der Waals surface area (Å²) in [5.41, 5.74) is 12.0. The summed E-state index contributed by atoms with van der Waals surface area (Å²) in [5, 5.41) is 0. The van der Waals surface area contributed by atoms with Crippen LogP contribution in [-0.2, 0) is 6.42 Å². The van der Waals surface area contributed by atoms with E-state index in [1.807, 2.05) is 0 Å². The quantitative estimate of drug-likeness (QED) is 0.516. The number of nitrogens with zero attached hydrogens (tertiary/aromatic N) is 1. The van der Waals surface area contributed by atoms with Crippen LogP contribution in [-0.4, -0.2) is 22.6 Å². The number of hydrogen-bond acceptors (Lipinski definition) is 3. The van der Waals surface area contributed by atoms with Gasteiger partial charge in [-0.05, 0) is 0 Å². The number of hydrogen-bond donors (Lipinski definition) is 3. The van der Waals surface area contributed by atoms with E-state index in [0.29, 0.717) is 6.54 Å². The van der Waals surface area contributed by atoms with Crippen molar-refractivity contribution in [2.24, 2.45) is 11.5 Å². The van der Waals surface area contributed by atoms with Crippen LogP contribution in [0.2, 0.25) is 0 Å². The smallest absolute Gasteiger partial charge is 0.0921 e. The van der Waals surface area contributed by atoms with Gasteiger partial charge in [0, 0.05) is 30.9 Å². The Kier molecular flexibility index (Phi) is 2.42. The highest BCUT2D eigenvalue weighted by Crippen LogP contribution is 1.93. The first kappa shape index (κ1) is 7.24. The summed E-state index contributed by atoms with van der Waals surface area (Å²) in [5.74, 6) is 0. The molecule has 0 amide bonds. The fourth-order valence-electron chi connectivity index (χ4n) is 0.762. The van der Waals surface area contributed by atoms with Crippen molar-refractivity contribution >= 4 is 0 Å². The highest BCUT2D eigenvalue weighted by atomic mass is 14.9. The summed E-state index contributed by atoms with van der Waals surface area (Å²) in [6.07, 6.45) is 4.17. The van der Waals surface area contributed by atoms with Gasteiger partial charge in [-0.1, -0.05) is 0 Å². The number of rotatable bonds is 3. The molecule has 1 rings (SSSR count). The summed E-state index contributed by atoms with van der Waals surface area (Å²) in [6.45, 7) is 0.513. The third kappa shape index (κ3) is 1.82. The van der Waals surface area contributed by atoms with E-state index < -0.39 is 0 Å². The molecule has 1 aromatic rings. The number of imidazole rings is 1. The van der Waals surface area contributed by atoms with Crippen molar-refractivity contribution in [2.45, 2.75) is 12.5 Å². The molecule has 56 valence electrons. The number of nitrogens with two attached hydrogens (primary N) is 2. The van der Waals surface area contributed by atoms with E-state index in [4.69, 9.17) is 11.5 Å². The second-order valence-corrected chi connectivity index (χ2v) is 2.28. The molecule has 0 aliphatic carbocycles. The molecule has 0 fully saturated rings. The van der Waals surface area contributed by atoms with Gasteiger partial charge in [0.05, 0.1) is 6.33 Å². The van der Waals surface area contributed by atoms with Crippen molar-refractivity contribution in [2.75, 3.05) is 6.54 Å². The molecule has 0 aliphatic rings. The van der Waals surface area contributed by atoms with Crippen molar-refractivity contribution in [3.05, 3.63) is 18.2 Å². The van der Waals surface area contributed by atoms with Crippen molar-refractivity contribution in [1.82, 2.24) is 9.97 Å². The average molecular weight is 140 g/mol. The number of aromatic amines is 1. The zero-order valence-electron chi connectivity index (χ0n) is 5.75. The third-order valence-corrected chi connectivity index (χ3v) is 1.34. The topological polar surface area (TPSA) is 80.7 Å². The normalized spacial score (nSPS) is 13.4. The molecular formula is C6H12N4. The lowest BCUT2D eigenvalue weighted by atomic mass is 10.2. The first-order valence-corrected chi connectivity index (χ1v) is 3.26. The van der Waals surface area contributed by atoms with E-state index in [1.165, 1.54) is 0 Å². The molecule has 0 aliphatic heterocycles. The van der Waals surface area contributed by atoms with Crippen LogP contribution in [0.25, 0.3) is 0 Å². The van der Waals surface area contributed by atoms with E-state index >= 15 is 0 Å². The zero-order valence-corrected chi connectivity index (χ0v) is 5.75. The molecule has 0 bridgehead atoms. The third-order valence-electron chi connectivity index (χ3n) is 1.34. The molecule has 1 aromatic heterocycles. The van der Waals surface area contributed by atoms with Crippen LogP contribution < -0.4 is 11.5 Å². The number of H-pyrrole nitrogens is 1. The van der Waals surface area contributed by atoms with Gasteiger partial charge in [-0.3, -0.25) is 0 Å². The van der Waals surface area contributed by atoms with E-state index in [9.17, 15) is 0 Å². The first-order chi connectivity index (χ1) is 4.83. The molecular weight excluding hydrogens is 128 g/mol. The second-order valence-electron chi connectivity index (χ2n) is 2.28. The summed E-state index contributed by atoms with van der Waals surface area (Å²) < 4.78 is 0.